The van der Waals surface area contributed by atoms with Gasteiger partial charge in [-0.15, -0.1) is 11.6 Å². The van der Waals surface area contributed by atoms with Gasteiger partial charge in [-0.05, 0) is 37.8 Å². The molecule has 0 unspecified atom stereocenters. The van der Waals surface area contributed by atoms with Gasteiger partial charge in [0.15, 0.2) is 5.78 Å². The fraction of sp³-hybridized carbons (Fsp3) is 0.533. The average molecular weight is 266 g/mol. The van der Waals surface area contributed by atoms with E-state index in [1.165, 1.54) is 17.7 Å². The van der Waals surface area contributed by atoms with Crippen molar-refractivity contribution in [3.05, 3.63) is 29.3 Å². The Hall–Kier alpha value is -1.02. The van der Waals surface area contributed by atoms with E-state index in [9.17, 15) is 4.79 Å². The molecule has 0 amide bonds. The molecule has 1 aromatic carbocycles. The van der Waals surface area contributed by atoms with Gasteiger partial charge in [0.25, 0.3) is 0 Å². The zero-order valence-electron chi connectivity index (χ0n) is 10.9. The summed E-state index contributed by atoms with van der Waals surface area (Å²) < 4.78 is 0. The molecule has 0 spiro atoms. The number of aryl methyl sites for hydroxylation is 1. The molecule has 0 fully saturated rings. The number of fused-ring (bicyclic) bond motifs is 1. The number of carbonyl (C=O) groups excluding carboxylic acids is 1. The summed E-state index contributed by atoms with van der Waals surface area (Å²) in [5.74, 6) is 0.762. The number of Topliss-reactive ketones (excluding diaryl/α,β-unsaturated/α-hetero) is 1. The van der Waals surface area contributed by atoms with Gasteiger partial charge >= 0.3 is 0 Å². The molecule has 0 saturated heterocycles. The maximum Gasteiger partial charge on any atom is 0.162 e. The zero-order valence-corrected chi connectivity index (χ0v) is 11.7. The number of carbonyl (C=O) groups is 1. The second-order valence-corrected chi connectivity index (χ2v) is 5.12. The predicted octanol–water partition coefficient (Wildman–Crippen LogP) is 3.66. The Balaban J connectivity index is 2.22. The van der Waals surface area contributed by atoms with Gasteiger partial charge in [0.2, 0.25) is 0 Å². The van der Waals surface area contributed by atoms with E-state index in [1.807, 2.05) is 6.07 Å². The number of rotatable bonds is 5. The lowest BCUT2D eigenvalue weighted by atomic mass is 9.97. The maximum absolute atomic E-state index is 12.0. The molecule has 2 nitrogen and oxygen atoms in total. The fourth-order valence-corrected chi connectivity index (χ4v) is 2.66. The summed E-state index contributed by atoms with van der Waals surface area (Å²) in [6.07, 6.45) is 3.64. The van der Waals surface area contributed by atoms with Crippen molar-refractivity contribution in [1.82, 2.24) is 0 Å². The number of hydrogen-bond acceptors (Lipinski definition) is 2. The van der Waals surface area contributed by atoms with Gasteiger partial charge in [-0.1, -0.05) is 12.1 Å². The Labute approximate surface area is 114 Å². The van der Waals surface area contributed by atoms with Crippen LogP contribution in [0.5, 0.6) is 0 Å². The number of ketones is 1. The average Bonchev–Trinajstić information content (AvgIpc) is 2.43. The molecule has 98 valence electrons. The Morgan fingerprint density at radius 2 is 2.28 bits per heavy atom. The lowest BCUT2D eigenvalue weighted by molar-refractivity contribution is 0.0982. The van der Waals surface area contributed by atoms with Crippen molar-refractivity contribution in [2.75, 3.05) is 23.9 Å². The van der Waals surface area contributed by atoms with Crippen molar-refractivity contribution in [2.45, 2.75) is 32.6 Å². The molecular weight excluding hydrogens is 246 g/mol. The van der Waals surface area contributed by atoms with Crippen molar-refractivity contribution in [3.8, 4) is 0 Å². The molecule has 3 heteroatoms. The van der Waals surface area contributed by atoms with Crippen LogP contribution in [0.1, 0.15) is 42.1 Å². The van der Waals surface area contributed by atoms with Crippen LogP contribution in [0.25, 0.3) is 0 Å². The zero-order chi connectivity index (χ0) is 13.0. The lowest BCUT2D eigenvalue weighted by Gasteiger charge is -2.30. The summed E-state index contributed by atoms with van der Waals surface area (Å²) in [6, 6.07) is 6.15. The van der Waals surface area contributed by atoms with Gasteiger partial charge in [0.1, 0.15) is 0 Å². The SMILES string of the molecule is CCN1CCCc2ccc(C(=O)CCCCl)cc21. The molecule has 1 aliphatic rings. The summed E-state index contributed by atoms with van der Waals surface area (Å²) in [5, 5.41) is 0. The number of nitrogens with zero attached hydrogens (tertiary/aromatic N) is 1. The molecule has 1 heterocycles. The second-order valence-electron chi connectivity index (χ2n) is 4.74. The van der Waals surface area contributed by atoms with Crippen molar-refractivity contribution < 1.29 is 4.79 Å². The van der Waals surface area contributed by atoms with Crippen LogP contribution in [0.2, 0.25) is 0 Å². The highest BCUT2D eigenvalue weighted by Gasteiger charge is 2.17. The van der Waals surface area contributed by atoms with Crippen molar-refractivity contribution in [3.63, 3.8) is 0 Å². The third-order valence-corrected chi connectivity index (χ3v) is 3.81. The summed E-state index contributed by atoms with van der Waals surface area (Å²) in [5.41, 5.74) is 3.46. The van der Waals surface area contributed by atoms with E-state index in [2.05, 4.69) is 24.0 Å². The Morgan fingerprint density at radius 1 is 1.44 bits per heavy atom. The quantitative estimate of drug-likeness (QED) is 0.598. The fourth-order valence-electron chi connectivity index (χ4n) is 2.52. The standard InChI is InChI=1S/C15H20ClNO/c1-2-17-10-4-5-12-7-8-13(11-14(12)17)15(18)6-3-9-16/h7-8,11H,2-6,9-10H2,1H3. The van der Waals surface area contributed by atoms with Crippen molar-refractivity contribution in [2.24, 2.45) is 0 Å². The summed E-state index contributed by atoms with van der Waals surface area (Å²) in [6.45, 7) is 4.27. The van der Waals surface area contributed by atoms with Crippen LogP contribution < -0.4 is 4.90 Å². The summed E-state index contributed by atoms with van der Waals surface area (Å²) in [7, 11) is 0. The molecule has 18 heavy (non-hydrogen) atoms. The highest BCUT2D eigenvalue weighted by Crippen LogP contribution is 2.28. The Bertz CT molecular complexity index is 431. The molecular formula is C15H20ClNO. The smallest absolute Gasteiger partial charge is 0.162 e. The first-order chi connectivity index (χ1) is 8.76. The summed E-state index contributed by atoms with van der Waals surface area (Å²) in [4.78, 5) is 14.4. The van der Waals surface area contributed by atoms with E-state index in [0.29, 0.717) is 12.3 Å². The molecule has 0 bridgehead atoms. The molecule has 1 aliphatic heterocycles. The van der Waals surface area contributed by atoms with E-state index < -0.39 is 0 Å². The van der Waals surface area contributed by atoms with Gasteiger partial charge in [0.05, 0.1) is 0 Å². The van der Waals surface area contributed by atoms with Gasteiger partial charge in [-0.25, -0.2) is 0 Å². The number of halogens is 1. The minimum absolute atomic E-state index is 0.208. The predicted molar refractivity (Wildman–Crippen MR) is 76.9 cm³/mol. The molecule has 1 aromatic rings. The number of alkyl halides is 1. The van der Waals surface area contributed by atoms with Gasteiger partial charge in [0, 0.05) is 36.6 Å². The maximum atomic E-state index is 12.0. The first-order valence-electron chi connectivity index (χ1n) is 6.73. The molecule has 0 aromatic heterocycles. The van der Waals surface area contributed by atoms with E-state index in [1.54, 1.807) is 0 Å². The molecule has 0 radical (unpaired) electrons. The first-order valence-corrected chi connectivity index (χ1v) is 7.26. The van der Waals surface area contributed by atoms with Crippen LogP contribution in [0.3, 0.4) is 0 Å². The van der Waals surface area contributed by atoms with Crippen molar-refractivity contribution in [1.29, 1.82) is 0 Å². The van der Waals surface area contributed by atoms with Gasteiger partial charge < -0.3 is 4.90 Å². The highest BCUT2D eigenvalue weighted by atomic mass is 35.5. The minimum atomic E-state index is 0.208. The van der Waals surface area contributed by atoms with Crippen LogP contribution in [0.4, 0.5) is 5.69 Å². The lowest BCUT2D eigenvalue weighted by Crippen LogP contribution is -2.29. The first kappa shape index (κ1) is 13.4. The van der Waals surface area contributed by atoms with Crippen molar-refractivity contribution >= 4 is 23.1 Å². The van der Waals surface area contributed by atoms with Gasteiger partial charge in [-0.2, -0.15) is 0 Å². The van der Waals surface area contributed by atoms with E-state index in [4.69, 9.17) is 11.6 Å². The van der Waals surface area contributed by atoms with E-state index in [0.717, 1.165) is 31.5 Å². The normalized spacial score (nSPS) is 14.4. The summed E-state index contributed by atoms with van der Waals surface area (Å²) >= 11 is 5.63. The highest BCUT2D eigenvalue weighted by molar-refractivity contribution is 6.18. The number of anilines is 1. The minimum Gasteiger partial charge on any atom is -0.372 e. The third-order valence-electron chi connectivity index (χ3n) is 3.54. The second kappa shape index (κ2) is 6.24. The van der Waals surface area contributed by atoms with E-state index >= 15 is 0 Å². The monoisotopic (exact) mass is 265 g/mol. The van der Waals surface area contributed by atoms with Crippen LogP contribution in [-0.4, -0.2) is 24.8 Å². The van der Waals surface area contributed by atoms with E-state index in [-0.39, 0.29) is 5.78 Å². The Morgan fingerprint density at radius 3 is 3.00 bits per heavy atom. The largest absolute Gasteiger partial charge is 0.372 e. The van der Waals surface area contributed by atoms with Gasteiger partial charge in [-0.3, -0.25) is 4.79 Å². The molecule has 0 atom stereocenters. The Kier molecular flexibility index (Phi) is 4.65. The molecule has 0 N–H and O–H groups in total. The number of hydrogen-bond donors (Lipinski definition) is 0. The third kappa shape index (κ3) is 2.86. The topological polar surface area (TPSA) is 20.3 Å². The van der Waals surface area contributed by atoms with Crippen LogP contribution >= 0.6 is 11.6 Å². The van der Waals surface area contributed by atoms with Crippen LogP contribution in [0.15, 0.2) is 18.2 Å². The molecule has 2 rings (SSSR count). The molecule has 0 aliphatic carbocycles. The van der Waals surface area contributed by atoms with Crippen LogP contribution in [-0.2, 0) is 6.42 Å². The molecule has 0 saturated carbocycles. The van der Waals surface area contributed by atoms with Crippen LogP contribution in [0, 0.1) is 0 Å². The number of benzene rings is 1.